The summed E-state index contributed by atoms with van der Waals surface area (Å²) in [7, 11) is 0. The molecule has 1 saturated carbocycles. The summed E-state index contributed by atoms with van der Waals surface area (Å²) in [6.45, 7) is 7.16. The molecule has 4 nitrogen and oxygen atoms in total. The molecule has 0 saturated heterocycles. The van der Waals surface area contributed by atoms with Crippen molar-refractivity contribution in [2.75, 3.05) is 13.1 Å². The second kappa shape index (κ2) is 8.93. The van der Waals surface area contributed by atoms with Crippen molar-refractivity contribution in [3.63, 3.8) is 0 Å². The molecule has 2 amide bonds. The molecule has 1 fully saturated rings. The van der Waals surface area contributed by atoms with Gasteiger partial charge in [0.2, 0.25) is 11.8 Å². The lowest BCUT2D eigenvalue weighted by atomic mass is 9.84. The van der Waals surface area contributed by atoms with E-state index < -0.39 is 0 Å². The number of hydrogen-bond donors (Lipinski definition) is 0. The molecule has 2 aromatic rings. The van der Waals surface area contributed by atoms with Gasteiger partial charge in [-0.2, -0.15) is 0 Å². The van der Waals surface area contributed by atoms with E-state index in [2.05, 4.69) is 50.4 Å². The minimum atomic E-state index is -0.0636. The molecule has 2 unspecified atom stereocenters. The number of thiophene rings is 1. The molecule has 2 aliphatic rings. The van der Waals surface area contributed by atoms with Crippen LogP contribution in [0.1, 0.15) is 67.1 Å². The summed E-state index contributed by atoms with van der Waals surface area (Å²) < 4.78 is 0. The van der Waals surface area contributed by atoms with Gasteiger partial charge in [0.15, 0.2) is 0 Å². The van der Waals surface area contributed by atoms with Gasteiger partial charge in [-0.3, -0.25) is 9.59 Å². The molecule has 0 spiro atoms. The van der Waals surface area contributed by atoms with Gasteiger partial charge in [0.1, 0.15) is 6.54 Å². The van der Waals surface area contributed by atoms with Crippen molar-refractivity contribution in [3.05, 3.63) is 57.3 Å². The maximum absolute atomic E-state index is 13.6. The van der Waals surface area contributed by atoms with Crippen molar-refractivity contribution in [2.24, 2.45) is 5.92 Å². The number of nitrogens with zero attached hydrogens (tertiary/aromatic N) is 2. The van der Waals surface area contributed by atoms with Gasteiger partial charge in [-0.1, -0.05) is 37.6 Å². The number of carbonyl (C=O) groups is 2. The topological polar surface area (TPSA) is 40.6 Å². The Morgan fingerprint density at radius 1 is 1.20 bits per heavy atom. The third-order valence-corrected chi connectivity index (χ3v) is 7.93. The fraction of sp³-hybridized carbons (Fsp3) is 0.520. The zero-order valence-electron chi connectivity index (χ0n) is 18.3. The Balaban J connectivity index is 1.62. The van der Waals surface area contributed by atoms with Crippen molar-refractivity contribution in [1.82, 2.24) is 9.80 Å². The molecule has 4 rings (SSSR count). The molecule has 1 aromatic heterocycles. The van der Waals surface area contributed by atoms with Gasteiger partial charge in [0.25, 0.3) is 0 Å². The van der Waals surface area contributed by atoms with Crippen LogP contribution in [-0.4, -0.2) is 40.7 Å². The Morgan fingerprint density at radius 3 is 2.63 bits per heavy atom. The molecule has 160 valence electrons. The lowest BCUT2D eigenvalue weighted by molar-refractivity contribution is -0.147. The minimum absolute atomic E-state index is 0.0630. The summed E-state index contributed by atoms with van der Waals surface area (Å²) in [6.07, 6.45) is 4.81. The minimum Gasteiger partial charge on any atom is -0.330 e. The predicted molar refractivity (Wildman–Crippen MR) is 122 cm³/mol. The number of fused-ring (bicyclic) bond motifs is 1. The number of rotatable bonds is 6. The highest BCUT2D eigenvalue weighted by atomic mass is 32.1. The summed E-state index contributed by atoms with van der Waals surface area (Å²) in [5.41, 5.74) is 3.63. The molecule has 1 aromatic carbocycles. The number of carbonyl (C=O) groups excluding carboxylic acids is 2. The SMILES string of the molecule is CCC(C)N(CC(=O)N1CCc2sccc2C1c1ccccc1C)C(=O)C1CCC1. The Labute approximate surface area is 183 Å². The van der Waals surface area contributed by atoms with Gasteiger partial charge in [-0.05, 0) is 67.7 Å². The van der Waals surface area contributed by atoms with E-state index in [1.807, 2.05) is 15.9 Å². The summed E-state index contributed by atoms with van der Waals surface area (Å²) in [5, 5.41) is 2.13. The first-order chi connectivity index (χ1) is 14.5. The highest BCUT2D eigenvalue weighted by Gasteiger charge is 2.37. The highest BCUT2D eigenvalue weighted by Crippen LogP contribution is 2.39. The van der Waals surface area contributed by atoms with Crippen LogP contribution in [0.15, 0.2) is 35.7 Å². The molecule has 5 heteroatoms. The summed E-state index contributed by atoms with van der Waals surface area (Å²) in [6, 6.07) is 10.5. The molecule has 0 radical (unpaired) electrons. The number of amides is 2. The Hall–Kier alpha value is -2.14. The first-order valence-electron chi connectivity index (χ1n) is 11.2. The van der Waals surface area contributed by atoms with Crippen LogP contribution in [0.4, 0.5) is 0 Å². The third-order valence-electron chi connectivity index (χ3n) is 6.94. The van der Waals surface area contributed by atoms with E-state index in [0.717, 1.165) is 32.1 Å². The van der Waals surface area contributed by atoms with Gasteiger partial charge in [-0.25, -0.2) is 0 Å². The van der Waals surface area contributed by atoms with Crippen molar-refractivity contribution in [2.45, 2.75) is 65.0 Å². The molecule has 0 bridgehead atoms. The van der Waals surface area contributed by atoms with Crippen LogP contribution in [0.5, 0.6) is 0 Å². The van der Waals surface area contributed by atoms with Gasteiger partial charge < -0.3 is 9.80 Å². The van der Waals surface area contributed by atoms with Crippen LogP contribution < -0.4 is 0 Å². The van der Waals surface area contributed by atoms with Crippen LogP contribution in [0.3, 0.4) is 0 Å². The van der Waals surface area contributed by atoms with Gasteiger partial charge in [-0.15, -0.1) is 11.3 Å². The van der Waals surface area contributed by atoms with E-state index in [0.29, 0.717) is 6.54 Å². The van der Waals surface area contributed by atoms with Gasteiger partial charge >= 0.3 is 0 Å². The highest BCUT2D eigenvalue weighted by molar-refractivity contribution is 7.10. The van der Waals surface area contributed by atoms with Crippen molar-refractivity contribution in [1.29, 1.82) is 0 Å². The second-order valence-corrected chi connectivity index (χ2v) is 9.75. The molecule has 1 aliphatic carbocycles. The van der Waals surface area contributed by atoms with E-state index in [1.165, 1.54) is 21.6 Å². The Bertz CT molecular complexity index is 917. The van der Waals surface area contributed by atoms with E-state index in [1.54, 1.807) is 11.3 Å². The lowest BCUT2D eigenvalue weighted by Gasteiger charge is -2.40. The Kier molecular flexibility index (Phi) is 6.28. The van der Waals surface area contributed by atoms with Crippen molar-refractivity contribution < 1.29 is 9.59 Å². The van der Waals surface area contributed by atoms with Gasteiger partial charge in [0, 0.05) is 23.4 Å². The number of aryl methyl sites for hydroxylation is 1. The molecule has 2 heterocycles. The van der Waals surface area contributed by atoms with Crippen molar-refractivity contribution in [3.8, 4) is 0 Å². The van der Waals surface area contributed by atoms with Gasteiger partial charge in [0.05, 0.1) is 6.04 Å². The van der Waals surface area contributed by atoms with Crippen LogP contribution >= 0.6 is 11.3 Å². The maximum Gasteiger partial charge on any atom is 0.243 e. The zero-order valence-corrected chi connectivity index (χ0v) is 19.1. The van der Waals surface area contributed by atoms with E-state index in [4.69, 9.17) is 0 Å². The first-order valence-corrected chi connectivity index (χ1v) is 12.1. The molecule has 0 N–H and O–H groups in total. The summed E-state index contributed by atoms with van der Waals surface area (Å²) in [4.78, 5) is 31.9. The fourth-order valence-corrected chi connectivity index (χ4v) is 5.52. The lowest BCUT2D eigenvalue weighted by Crippen LogP contribution is -2.51. The largest absolute Gasteiger partial charge is 0.330 e. The fourth-order valence-electron chi connectivity index (χ4n) is 4.61. The average Bonchev–Trinajstić information content (AvgIpc) is 3.18. The predicted octanol–water partition coefficient (Wildman–Crippen LogP) is 4.96. The normalized spacial score (nSPS) is 19.7. The number of benzene rings is 1. The van der Waals surface area contributed by atoms with Crippen LogP contribution in [-0.2, 0) is 16.0 Å². The standard InChI is InChI=1S/C25H32N2O2S/c1-4-18(3)27(25(29)19-9-7-10-19)16-23(28)26-14-12-22-21(13-15-30-22)24(26)20-11-6-5-8-17(20)2/h5-6,8,11,13,15,18-19,24H,4,7,9-10,12,14,16H2,1-3H3. The summed E-state index contributed by atoms with van der Waals surface area (Å²) in [5.74, 6) is 0.349. The third kappa shape index (κ3) is 3.92. The monoisotopic (exact) mass is 424 g/mol. The quantitative estimate of drug-likeness (QED) is 0.658. The maximum atomic E-state index is 13.6. The first kappa shape index (κ1) is 21.1. The van der Waals surface area contributed by atoms with Crippen LogP contribution in [0.25, 0.3) is 0 Å². The zero-order chi connectivity index (χ0) is 21.3. The summed E-state index contributed by atoms with van der Waals surface area (Å²) >= 11 is 1.78. The van der Waals surface area contributed by atoms with Crippen LogP contribution in [0, 0.1) is 12.8 Å². The van der Waals surface area contributed by atoms with Crippen LogP contribution in [0.2, 0.25) is 0 Å². The molecule has 30 heavy (non-hydrogen) atoms. The van der Waals surface area contributed by atoms with E-state index >= 15 is 0 Å². The molecule has 1 aliphatic heterocycles. The second-order valence-electron chi connectivity index (χ2n) is 8.75. The molecular formula is C25H32N2O2S. The average molecular weight is 425 g/mol. The molecular weight excluding hydrogens is 392 g/mol. The smallest absolute Gasteiger partial charge is 0.243 e. The Morgan fingerprint density at radius 2 is 1.97 bits per heavy atom. The van der Waals surface area contributed by atoms with E-state index in [-0.39, 0.29) is 36.4 Å². The van der Waals surface area contributed by atoms with E-state index in [9.17, 15) is 9.59 Å². The van der Waals surface area contributed by atoms with Crippen molar-refractivity contribution >= 4 is 23.2 Å². The number of hydrogen-bond acceptors (Lipinski definition) is 3. The molecule has 2 atom stereocenters.